The van der Waals surface area contributed by atoms with E-state index in [9.17, 15) is 9.59 Å². The van der Waals surface area contributed by atoms with Crippen molar-refractivity contribution in [3.63, 3.8) is 0 Å². The van der Waals surface area contributed by atoms with Crippen molar-refractivity contribution in [2.24, 2.45) is 22.6 Å². The molecule has 37 heavy (non-hydrogen) atoms. The minimum absolute atomic E-state index is 0.0936. The number of guanidine groups is 1. The van der Waals surface area contributed by atoms with E-state index in [0.29, 0.717) is 28.6 Å². The second-order valence-corrected chi connectivity index (χ2v) is 12.2. The van der Waals surface area contributed by atoms with Crippen LogP contribution in [0.5, 0.6) is 5.75 Å². The molecule has 3 N–H and O–H groups in total. The van der Waals surface area contributed by atoms with Gasteiger partial charge in [0.15, 0.2) is 5.96 Å². The molecule has 3 aliphatic rings. The van der Waals surface area contributed by atoms with Crippen LogP contribution < -0.4 is 15.8 Å². The summed E-state index contributed by atoms with van der Waals surface area (Å²) in [5.41, 5.74) is 6.82. The van der Waals surface area contributed by atoms with E-state index in [1.165, 1.54) is 0 Å². The van der Waals surface area contributed by atoms with Gasteiger partial charge in [0, 0.05) is 35.3 Å². The SMILES string of the molecule is CC1(C)CC(=O)N([C@H](c2cccnc2)[C@H]2C[C@@H]2C(=O)NC2CC(C)(C)Oc3c(Cl)cc(Cl)cc32)C(N)=N1. The molecule has 0 bridgehead atoms. The summed E-state index contributed by atoms with van der Waals surface area (Å²) in [5, 5.41) is 4.10. The lowest BCUT2D eigenvalue weighted by molar-refractivity contribution is -0.132. The van der Waals surface area contributed by atoms with Crippen LogP contribution in [0, 0.1) is 11.8 Å². The number of pyridine rings is 1. The summed E-state index contributed by atoms with van der Waals surface area (Å²) in [6.07, 6.45) is 4.81. The number of nitrogens with two attached hydrogens (primary N) is 1. The van der Waals surface area contributed by atoms with E-state index >= 15 is 0 Å². The molecule has 1 aromatic carbocycles. The van der Waals surface area contributed by atoms with Crippen LogP contribution >= 0.6 is 23.2 Å². The first-order chi connectivity index (χ1) is 17.3. The summed E-state index contributed by atoms with van der Waals surface area (Å²) >= 11 is 12.7. The largest absolute Gasteiger partial charge is 0.486 e. The molecule has 2 amide bonds. The van der Waals surface area contributed by atoms with Crippen LogP contribution in [-0.2, 0) is 9.59 Å². The van der Waals surface area contributed by atoms with Crippen LogP contribution in [0.1, 0.15) is 70.2 Å². The molecule has 1 unspecified atom stereocenters. The van der Waals surface area contributed by atoms with Gasteiger partial charge < -0.3 is 15.8 Å². The van der Waals surface area contributed by atoms with Gasteiger partial charge >= 0.3 is 0 Å². The first-order valence-electron chi connectivity index (χ1n) is 12.4. The van der Waals surface area contributed by atoms with E-state index < -0.39 is 17.2 Å². The molecule has 0 saturated heterocycles. The van der Waals surface area contributed by atoms with Crippen molar-refractivity contribution < 1.29 is 14.3 Å². The minimum atomic E-state index is -0.566. The number of ether oxygens (including phenoxy) is 1. The number of halogens is 2. The zero-order valence-corrected chi connectivity index (χ0v) is 22.8. The Balaban J connectivity index is 1.41. The standard InChI is InChI=1S/C27H31Cl2N5O3/c1-26(2)12-21(35)34(25(30)33-26)22(14-6-5-7-31-13-14)16-10-17(16)24(36)32-20-11-27(3,4)37-23-18(20)8-15(28)9-19(23)29/h5-9,13,16-17,20,22H,10-12H2,1-4H3,(H2,30,33)(H,32,36)/t16-,17-,20?,22+/m0/s1. The summed E-state index contributed by atoms with van der Waals surface area (Å²) in [6, 6.07) is 6.41. The molecule has 0 radical (unpaired) electrons. The molecule has 1 aromatic heterocycles. The van der Waals surface area contributed by atoms with Gasteiger partial charge in [0.1, 0.15) is 11.4 Å². The summed E-state index contributed by atoms with van der Waals surface area (Å²) in [5.74, 6) is 0.0817. The third kappa shape index (κ3) is 5.14. The Morgan fingerprint density at radius 2 is 2.03 bits per heavy atom. The number of rotatable bonds is 5. The average molecular weight is 544 g/mol. The highest BCUT2D eigenvalue weighted by molar-refractivity contribution is 6.35. The van der Waals surface area contributed by atoms with Crippen LogP contribution in [0.2, 0.25) is 10.0 Å². The Labute approximate surface area is 226 Å². The highest BCUT2D eigenvalue weighted by Gasteiger charge is 2.53. The molecule has 1 saturated carbocycles. The third-order valence-corrected chi connectivity index (χ3v) is 7.70. The average Bonchev–Trinajstić information content (AvgIpc) is 3.57. The first-order valence-corrected chi connectivity index (χ1v) is 13.2. The predicted molar refractivity (Wildman–Crippen MR) is 142 cm³/mol. The zero-order chi connectivity index (χ0) is 26.7. The number of aromatic nitrogens is 1. The molecule has 1 fully saturated rings. The van der Waals surface area contributed by atoms with Crippen LogP contribution in [0.25, 0.3) is 0 Å². The Bertz CT molecular complexity index is 1280. The lowest BCUT2D eigenvalue weighted by atomic mass is 9.89. The van der Waals surface area contributed by atoms with Crippen molar-refractivity contribution in [2.75, 3.05) is 0 Å². The van der Waals surface area contributed by atoms with Crippen LogP contribution in [0.4, 0.5) is 0 Å². The highest BCUT2D eigenvalue weighted by Crippen LogP contribution is 2.52. The van der Waals surface area contributed by atoms with Gasteiger partial charge in [-0.2, -0.15) is 0 Å². The topological polar surface area (TPSA) is 110 Å². The van der Waals surface area contributed by atoms with Gasteiger partial charge in [-0.15, -0.1) is 0 Å². The summed E-state index contributed by atoms with van der Waals surface area (Å²) in [6.45, 7) is 7.69. The fourth-order valence-electron chi connectivity index (χ4n) is 5.56. The van der Waals surface area contributed by atoms with Crippen LogP contribution in [0.3, 0.4) is 0 Å². The number of amides is 2. The smallest absolute Gasteiger partial charge is 0.232 e. The monoisotopic (exact) mass is 543 g/mol. The third-order valence-electron chi connectivity index (χ3n) is 7.21. The molecule has 0 spiro atoms. The molecule has 2 aliphatic heterocycles. The Kier molecular flexibility index (Phi) is 6.39. The molecule has 196 valence electrons. The van der Waals surface area contributed by atoms with E-state index in [1.54, 1.807) is 29.4 Å². The molecule has 3 heterocycles. The molecular weight excluding hydrogens is 513 g/mol. The lowest BCUT2D eigenvalue weighted by Crippen LogP contribution is -2.52. The van der Waals surface area contributed by atoms with E-state index in [4.69, 9.17) is 33.7 Å². The second-order valence-electron chi connectivity index (χ2n) is 11.4. The summed E-state index contributed by atoms with van der Waals surface area (Å²) in [4.78, 5) is 37.2. The summed E-state index contributed by atoms with van der Waals surface area (Å²) < 4.78 is 6.11. The molecule has 8 nitrogen and oxygen atoms in total. The zero-order valence-electron chi connectivity index (χ0n) is 21.3. The molecule has 2 aromatic rings. The quantitative estimate of drug-likeness (QED) is 0.562. The van der Waals surface area contributed by atoms with Gasteiger partial charge in [0.05, 0.1) is 29.1 Å². The highest BCUT2D eigenvalue weighted by atomic mass is 35.5. The fourth-order valence-corrected chi connectivity index (χ4v) is 6.11. The first kappa shape index (κ1) is 25.8. The van der Waals surface area contributed by atoms with Gasteiger partial charge in [-0.1, -0.05) is 29.3 Å². The van der Waals surface area contributed by atoms with Crippen molar-refractivity contribution >= 4 is 41.0 Å². The molecule has 5 rings (SSSR count). The number of nitrogens with one attached hydrogen (secondary N) is 1. The van der Waals surface area contributed by atoms with E-state index in [-0.39, 0.29) is 42.1 Å². The van der Waals surface area contributed by atoms with Crippen molar-refractivity contribution in [3.05, 3.63) is 57.8 Å². The van der Waals surface area contributed by atoms with Crippen molar-refractivity contribution in [1.29, 1.82) is 0 Å². The Morgan fingerprint density at radius 3 is 2.70 bits per heavy atom. The summed E-state index contributed by atoms with van der Waals surface area (Å²) in [7, 11) is 0. The maximum absolute atomic E-state index is 13.6. The fraction of sp³-hybridized carbons (Fsp3) is 0.481. The van der Waals surface area contributed by atoms with Crippen molar-refractivity contribution in [2.45, 2.75) is 70.2 Å². The van der Waals surface area contributed by atoms with Crippen LogP contribution in [0.15, 0.2) is 41.7 Å². The Morgan fingerprint density at radius 1 is 1.27 bits per heavy atom. The second kappa shape index (κ2) is 9.17. The van der Waals surface area contributed by atoms with Gasteiger partial charge in [-0.3, -0.25) is 19.5 Å². The number of nitrogens with zero attached hydrogens (tertiary/aromatic N) is 3. The molecule has 1 aliphatic carbocycles. The predicted octanol–water partition coefficient (Wildman–Crippen LogP) is 4.81. The van der Waals surface area contributed by atoms with E-state index in [1.807, 2.05) is 39.8 Å². The minimum Gasteiger partial charge on any atom is -0.486 e. The number of carbonyl (C=O) groups excluding carboxylic acids is 2. The number of benzene rings is 1. The Hall–Kier alpha value is -2.84. The van der Waals surface area contributed by atoms with E-state index in [0.717, 1.165) is 11.1 Å². The number of hydrogen-bond acceptors (Lipinski definition) is 6. The molecule has 4 atom stereocenters. The number of hydrogen-bond donors (Lipinski definition) is 2. The van der Waals surface area contributed by atoms with Crippen molar-refractivity contribution in [3.8, 4) is 5.75 Å². The molecule has 10 heteroatoms. The van der Waals surface area contributed by atoms with Gasteiger partial charge in [0.2, 0.25) is 11.8 Å². The van der Waals surface area contributed by atoms with Gasteiger partial charge in [0.25, 0.3) is 0 Å². The maximum atomic E-state index is 13.6. The lowest BCUT2D eigenvalue weighted by Gasteiger charge is -2.39. The normalized spacial score (nSPS) is 26.4. The van der Waals surface area contributed by atoms with E-state index in [2.05, 4.69) is 15.3 Å². The van der Waals surface area contributed by atoms with Crippen LogP contribution in [-0.4, -0.2) is 38.8 Å². The number of fused-ring (bicyclic) bond motifs is 1. The molecular formula is C27H31Cl2N5O3. The number of aliphatic imine (C=N–C) groups is 1. The van der Waals surface area contributed by atoms with Gasteiger partial charge in [-0.05, 0) is 63.8 Å². The van der Waals surface area contributed by atoms with Crippen molar-refractivity contribution in [1.82, 2.24) is 15.2 Å². The van der Waals surface area contributed by atoms with Gasteiger partial charge in [-0.25, -0.2) is 4.99 Å². The number of carbonyl (C=O) groups is 2. The maximum Gasteiger partial charge on any atom is 0.232 e.